The van der Waals surface area contributed by atoms with Gasteiger partial charge in [-0.05, 0) is 18.9 Å². The fraction of sp³-hybridized carbons (Fsp3) is 0.412. The number of anilines is 3. The van der Waals surface area contributed by atoms with Gasteiger partial charge in [0, 0.05) is 48.7 Å². The molecule has 0 radical (unpaired) electrons. The number of aromatic nitrogens is 2. The van der Waals surface area contributed by atoms with E-state index in [-0.39, 0.29) is 36.5 Å². The van der Waals surface area contributed by atoms with Crippen molar-refractivity contribution in [2.75, 3.05) is 23.3 Å². The highest BCUT2D eigenvalue weighted by Crippen LogP contribution is 2.24. The molecule has 0 aliphatic carbocycles. The number of nitrogens with one attached hydrogen (secondary N) is 1. The summed E-state index contributed by atoms with van der Waals surface area (Å²) in [5.74, 6) is 1.29. The van der Waals surface area contributed by atoms with Crippen LogP contribution in [0.2, 0.25) is 0 Å². The van der Waals surface area contributed by atoms with Gasteiger partial charge >= 0.3 is 0 Å². The molecular weight excluding hydrogens is 391 g/mol. The molecule has 0 bridgehead atoms. The molecule has 0 amide bonds. The zero-order valence-corrected chi connectivity index (χ0v) is 16.6. The van der Waals surface area contributed by atoms with Gasteiger partial charge in [-0.2, -0.15) is 4.98 Å². The van der Waals surface area contributed by atoms with Gasteiger partial charge in [-0.25, -0.2) is 4.98 Å². The zero-order chi connectivity index (χ0) is 17.8. The van der Waals surface area contributed by atoms with Crippen molar-refractivity contribution in [1.82, 2.24) is 9.97 Å². The molecule has 3 rings (SSSR count). The summed E-state index contributed by atoms with van der Waals surface area (Å²) in [6.45, 7) is 3.75. The number of rotatable bonds is 6. The molecule has 8 nitrogen and oxygen atoms in total. The summed E-state index contributed by atoms with van der Waals surface area (Å²) < 4.78 is 0. The van der Waals surface area contributed by atoms with E-state index >= 15 is 0 Å². The second-order valence-electron chi connectivity index (χ2n) is 6.22. The van der Waals surface area contributed by atoms with Crippen molar-refractivity contribution in [3.8, 4) is 0 Å². The molecule has 148 valence electrons. The highest BCUT2D eigenvalue weighted by molar-refractivity contribution is 5.85. The third-order valence-corrected chi connectivity index (χ3v) is 4.13. The van der Waals surface area contributed by atoms with E-state index < -0.39 is 4.92 Å². The standard InChI is InChI=1S/C17H22N6O2.2ClH/c1-2-4-13-10-16(22-8-7-12(18)11-22)21-17(19-13)20-14-5-3-6-15(9-14)23(24)25;;/h3,5-6,9-10,12H,2,4,7-8,11,18H2,1H3,(H,19,20,21);2*1H/t12-;;/m0../s1. The van der Waals surface area contributed by atoms with Crippen molar-refractivity contribution in [1.29, 1.82) is 0 Å². The Morgan fingerprint density at radius 1 is 1.33 bits per heavy atom. The molecule has 1 atom stereocenters. The van der Waals surface area contributed by atoms with Crippen molar-refractivity contribution < 1.29 is 4.92 Å². The first-order valence-corrected chi connectivity index (χ1v) is 8.45. The molecule has 27 heavy (non-hydrogen) atoms. The first kappa shape index (κ1) is 22.9. The minimum Gasteiger partial charge on any atom is -0.355 e. The highest BCUT2D eigenvalue weighted by Gasteiger charge is 2.21. The van der Waals surface area contributed by atoms with Crippen LogP contribution in [0.1, 0.15) is 25.5 Å². The fourth-order valence-corrected chi connectivity index (χ4v) is 2.91. The topological polar surface area (TPSA) is 110 Å². The third-order valence-electron chi connectivity index (χ3n) is 4.13. The lowest BCUT2D eigenvalue weighted by atomic mass is 10.2. The van der Waals surface area contributed by atoms with Gasteiger partial charge in [0.25, 0.3) is 5.69 Å². The molecule has 0 unspecified atom stereocenters. The van der Waals surface area contributed by atoms with E-state index in [0.29, 0.717) is 11.6 Å². The van der Waals surface area contributed by atoms with Crippen molar-refractivity contribution in [2.45, 2.75) is 32.2 Å². The van der Waals surface area contributed by atoms with Crippen molar-refractivity contribution in [3.05, 3.63) is 46.1 Å². The van der Waals surface area contributed by atoms with Gasteiger partial charge < -0.3 is 16.0 Å². The first-order chi connectivity index (χ1) is 12.0. The van der Waals surface area contributed by atoms with Gasteiger partial charge in [0.15, 0.2) is 0 Å². The molecule has 0 spiro atoms. The zero-order valence-electron chi connectivity index (χ0n) is 15.0. The van der Waals surface area contributed by atoms with Crippen molar-refractivity contribution in [2.24, 2.45) is 5.73 Å². The molecule has 2 heterocycles. The van der Waals surface area contributed by atoms with E-state index in [1.807, 2.05) is 6.07 Å². The molecule has 2 aromatic rings. The second kappa shape index (κ2) is 10.2. The molecular formula is C17H24Cl2N6O2. The Bertz CT molecular complexity index is 777. The molecule has 10 heteroatoms. The lowest BCUT2D eigenvalue weighted by Gasteiger charge is -2.18. The molecule has 3 N–H and O–H groups in total. The van der Waals surface area contributed by atoms with E-state index in [1.165, 1.54) is 12.1 Å². The molecule has 1 aliphatic rings. The van der Waals surface area contributed by atoms with Crippen LogP contribution in [0.3, 0.4) is 0 Å². The third kappa shape index (κ3) is 5.92. The number of halogens is 2. The Kier molecular flexibility index (Phi) is 8.68. The van der Waals surface area contributed by atoms with Crippen LogP contribution in [-0.4, -0.2) is 34.0 Å². The normalized spacial score (nSPS) is 15.6. The summed E-state index contributed by atoms with van der Waals surface area (Å²) >= 11 is 0. The number of hydrogen-bond donors (Lipinski definition) is 2. The second-order valence-corrected chi connectivity index (χ2v) is 6.22. The van der Waals surface area contributed by atoms with E-state index in [2.05, 4.69) is 27.1 Å². The molecule has 1 aromatic carbocycles. The quantitative estimate of drug-likeness (QED) is 0.549. The van der Waals surface area contributed by atoms with E-state index in [4.69, 9.17) is 5.73 Å². The minimum atomic E-state index is -0.420. The maximum Gasteiger partial charge on any atom is 0.271 e. The SMILES string of the molecule is CCCc1cc(N2CC[C@H](N)C2)nc(Nc2cccc([N+](=O)[O-])c2)n1.Cl.Cl. The van der Waals surface area contributed by atoms with E-state index in [9.17, 15) is 10.1 Å². The summed E-state index contributed by atoms with van der Waals surface area (Å²) in [7, 11) is 0. The Labute approximate surface area is 170 Å². The number of benzene rings is 1. The van der Waals surface area contributed by atoms with Gasteiger partial charge in [-0.15, -0.1) is 24.8 Å². The van der Waals surface area contributed by atoms with Crippen molar-refractivity contribution in [3.63, 3.8) is 0 Å². The molecule has 0 saturated carbocycles. The predicted octanol–water partition coefficient (Wildman–Crippen LogP) is 3.46. The van der Waals surface area contributed by atoms with Crippen LogP contribution in [0, 0.1) is 10.1 Å². The highest BCUT2D eigenvalue weighted by atomic mass is 35.5. The van der Waals surface area contributed by atoms with Gasteiger partial charge in [0.1, 0.15) is 5.82 Å². The number of aryl methyl sites for hydroxylation is 1. The van der Waals surface area contributed by atoms with Gasteiger partial charge in [-0.1, -0.05) is 19.4 Å². The molecule has 1 aliphatic heterocycles. The number of nitro benzene ring substituents is 1. The molecule has 1 saturated heterocycles. The average molecular weight is 415 g/mol. The van der Waals surface area contributed by atoms with Crippen LogP contribution in [-0.2, 0) is 6.42 Å². The summed E-state index contributed by atoms with van der Waals surface area (Å²) in [5, 5.41) is 14.0. The largest absolute Gasteiger partial charge is 0.355 e. The smallest absolute Gasteiger partial charge is 0.271 e. The Balaban J connectivity index is 0.00000182. The minimum absolute atomic E-state index is 0. The van der Waals surface area contributed by atoms with Crippen molar-refractivity contribution >= 4 is 48.0 Å². The predicted molar refractivity (Wildman–Crippen MR) is 112 cm³/mol. The summed E-state index contributed by atoms with van der Waals surface area (Å²) in [6.07, 6.45) is 2.77. The first-order valence-electron chi connectivity index (χ1n) is 8.45. The van der Waals surface area contributed by atoms with E-state index in [1.54, 1.807) is 12.1 Å². The van der Waals surface area contributed by atoms with Gasteiger partial charge in [-0.3, -0.25) is 10.1 Å². The lowest BCUT2D eigenvalue weighted by Crippen LogP contribution is -2.27. The Morgan fingerprint density at radius 2 is 2.11 bits per heavy atom. The summed E-state index contributed by atoms with van der Waals surface area (Å²) in [6, 6.07) is 8.49. The fourth-order valence-electron chi connectivity index (χ4n) is 2.91. The average Bonchev–Trinajstić information content (AvgIpc) is 3.02. The Morgan fingerprint density at radius 3 is 2.74 bits per heavy atom. The number of nitro groups is 1. The maximum absolute atomic E-state index is 10.9. The van der Waals surface area contributed by atoms with Crippen LogP contribution in [0.4, 0.5) is 23.1 Å². The maximum atomic E-state index is 10.9. The molecule has 1 fully saturated rings. The monoisotopic (exact) mass is 414 g/mol. The summed E-state index contributed by atoms with van der Waals surface area (Å²) in [5.41, 5.74) is 7.56. The van der Waals surface area contributed by atoms with Gasteiger partial charge in [0.2, 0.25) is 5.95 Å². The van der Waals surface area contributed by atoms with Crippen LogP contribution in [0.25, 0.3) is 0 Å². The van der Waals surface area contributed by atoms with Crippen LogP contribution in [0.15, 0.2) is 30.3 Å². The number of hydrogen-bond acceptors (Lipinski definition) is 7. The number of nitrogens with two attached hydrogens (primary N) is 1. The van der Waals surface area contributed by atoms with Crippen LogP contribution < -0.4 is 16.0 Å². The lowest BCUT2D eigenvalue weighted by molar-refractivity contribution is -0.384. The van der Waals surface area contributed by atoms with E-state index in [0.717, 1.165) is 43.9 Å². The molecule has 1 aromatic heterocycles. The summed E-state index contributed by atoms with van der Waals surface area (Å²) in [4.78, 5) is 21.8. The van der Waals surface area contributed by atoms with Crippen LogP contribution >= 0.6 is 24.8 Å². The number of nitrogens with zero attached hydrogens (tertiary/aromatic N) is 4. The number of non-ortho nitro benzene ring substituents is 1. The van der Waals surface area contributed by atoms with Crippen LogP contribution in [0.5, 0.6) is 0 Å². The Hall–Kier alpha value is -2.16. The van der Waals surface area contributed by atoms with Gasteiger partial charge in [0.05, 0.1) is 4.92 Å².